The van der Waals surface area contributed by atoms with Gasteiger partial charge in [0, 0.05) is 25.5 Å². The van der Waals surface area contributed by atoms with Crippen LogP contribution in [0, 0.1) is 5.92 Å². The van der Waals surface area contributed by atoms with Crippen LogP contribution in [0.3, 0.4) is 0 Å². The summed E-state index contributed by atoms with van der Waals surface area (Å²) in [5.74, 6) is 0.607. The quantitative estimate of drug-likeness (QED) is 0.611. The van der Waals surface area contributed by atoms with Crippen molar-refractivity contribution in [2.45, 2.75) is 58.0 Å². The molecular weight excluding hydrogens is 252 g/mol. The minimum atomic E-state index is -0.371. The first-order chi connectivity index (χ1) is 9.74. The second-order valence-electron chi connectivity index (χ2n) is 6.06. The molecule has 3 rings (SSSR count). The van der Waals surface area contributed by atoms with Crippen molar-refractivity contribution in [1.82, 2.24) is 9.13 Å². The third-order valence-electron chi connectivity index (χ3n) is 4.34. The molecule has 1 heterocycles. The minimum absolute atomic E-state index is 0.364. The first kappa shape index (κ1) is 13.4. The monoisotopic (exact) mass is 274 g/mol. The highest BCUT2D eigenvalue weighted by atomic mass is 16.2. The Labute approximate surface area is 118 Å². The van der Waals surface area contributed by atoms with Crippen molar-refractivity contribution in [2.24, 2.45) is 5.92 Å². The van der Waals surface area contributed by atoms with Crippen LogP contribution in [-0.2, 0) is 13.1 Å². The van der Waals surface area contributed by atoms with E-state index in [2.05, 4.69) is 6.08 Å². The molecule has 0 radical (unpaired) electrons. The Kier molecular flexibility index (Phi) is 3.90. The van der Waals surface area contributed by atoms with E-state index in [0.29, 0.717) is 19.0 Å². The van der Waals surface area contributed by atoms with E-state index >= 15 is 0 Å². The largest absolute Gasteiger partial charge is 0.316 e. The van der Waals surface area contributed by atoms with Gasteiger partial charge in [-0.15, -0.1) is 0 Å². The molecule has 108 valence electrons. The summed E-state index contributed by atoms with van der Waals surface area (Å²) in [6, 6.07) is 0. The van der Waals surface area contributed by atoms with Crippen LogP contribution in [0.4, 0.5) is 0 Å². The number of nitrogens with zero attached hydrogens (tertiary/aromatic N) is 2. The predicted molar refractivity (Wildman–Crippen MR) is 78.9 cm³/mol. The van der Waals surface area contributed by atoms with Crippen LogP contribution >= 0.6 is 0 Å². The highest BCUT2D eigenvalue weighted by Gasteiger charge is 2.22. The van der Waals surface area contributed by atoms with Crippen molar-refractivity contribution in [2.75, 3.05) is 0 Å². The van der Waals surface area contributed by atoms with Crippen LogP contribution in [-0.4, -0.2) is 9.13 Å². The molecule has 0 N–H and O–H groups in total. The van der Waals surface area contributed by atoms with E-state index in [4.69, 9.17) is 0 Å². The fourth-order valence-electron chi connectivity index (χ4n) is 2.84. The lowest BCUT2D eigenvalue weighted by molar-refractivity contribution is 0.558. The normalized spacial score (nSPS) is 18.9. The summed E-state index contributed by atoms with van der Waals surface area (Å²) in [7, 11) is 0. The van der Waals surface area contributed by atoms with Crippen LogP contribution in [0.2, 0.25) is 0 Å². The molecule has 1 aromatic rings. The molecule has 0 atom stereocenters. The molecule has 0 spiro atoms. The van der Waals surface area contributed by atoms with Crippen molar-refractivity contribution in [3.63, 3.8) is 0 Å². The van der Waals surface area contributed by atoms with Gasteiger partial charge in [-0.2, -0.15) is 0 Å². The van der Waals surface area contributed by atoms with Gasteiger partial charge in [0.25, 0.3) is 0 Å². The van der Waals surface area contributed by atoms with E-state index < -0.39 is 0 Å². The summed E-state index contributed by atoms with van der Waals surface area (Å²) in [5.41, 5.74) is 0.701. The second-order valence-corrected chi connectivity index (χ2v) is 6.06. The fourth-order valence-corrected chi connectivity index (χ4v) is 2.84. The molecule has 0 saturated heterocycles. The van der Waals surface area contributed by atoms with Crippen LogP contribution in [0.25, 0.3) is 0 Å². The molecule has 4 nitrogen and oxygen atoms in total. The van der Waals surface area contributed by atoms with E-state index in [1.54, 1.807) is 21.5 Å². The second kappa shape index (κ2) is 5.81. The smallest absolute Gasteiger partial charge is 0.309 e. The summed E-state index contributed by atoms with van der Waals surface area (Å²) >= 11 is 0. The molecule has 0 amide bonds. The van der Waals surface area contributed by atoms with Crippen molar-refractivity contribution < 1.29 is 0 Å². The average Bonchev–Trinajstić information content (AvgIpc) is 3.28. The molecule has 2 aliphatic carbocycles. The molecule has 1 saturated carbocycles. The molecule has 0 aliphatic heterocycles. The summed E-state index contributed by atoms with van der Waals surface area (Å²) in [6.07, 6.45) is 13.9. The van der Waals surface area contributed by atoms with Crippen molar-refractivity contribution in [3.05, 3.63) is 44.8 Å². The van der Waals surface area contributed by atoms with Gasteiger partial charge in [0.05, 0.1) is 0 Å². The predicted octanol–water partition coefficient (Wildman–Crippen LogP) is 2.31. The van der Waals surface area contributed by atoms with E-state index in [-0.39, 0.29) is 11.1 Å². The Morgan fingerprint density at radius 3 is 2.50 bits per heavy atom. The number of hydrogen-bond donors (Lipinski definition) is 0. The molecule has 0 unspecified atom stereocenters. The van der Waals surface area contributed by atoms with E-state index in [9.17, 15) is 9.59 Å². The highest BCUT2D eigenvalue weighted by Crippen LogP contribution is 2.29. The lowest BCUT2D eigenvalue weighted by Gasteiger charge is -2.13. The van der Waals surface area contributed by atoms with Crippen LogP contribution in [0.1, 0.15) is 44.9 Å². The molecule has 1 fully saturated rings. The van der Waals surface area contributed by atoms with Gasteiger partial charge in [0.1, 0.15) is 0 Å². The van der Waals surface area contributed by atoms with Gasteiger partial charge in [-0.3, -0.25) is 9.59 Å². The number of allylic oxidation sites excluding steroid dienone is 2. The van der Waals surface area contributed by atoms with Crippen LogP contribution in [0.15, 0.2) is 33.6 Å². The summed E-state index contributed by atoms with van der Waals surface area (Å²) in [4.78, 5) is 24.1. The maximum atomic E-state index is 12.1. The van der Waals surface area contributed by atoms with Gasteiger partial charge >= 0.3 is 11.1 Å². The molecule has 0 bridgehead atoms. The van der Waals surface area contributed by atoms with Crippen molar-refractivity contribution >= 4 is 0 Å². The maximum absolute atomic E-state index is 12.1. The Morgan fingerprint density at radius 2 is 1.80 bits per heavy atom. The highest BCUT2D eigenvalue weighted by molar-refractivity contribution is 5.05. The zero-order chi connectivity index (χ0) is 13.9. The Morgan fingerprint density at radius 1 is 1.05 bits per heavy atom. The van der Waals surface area contributed by atoms with Crippen LogP contribution in [0.5, 0.6) is 0 Å². The third kappa shape index (κ3) is 3.11. The number of hydrogen-bond acceptors (Lipinski definition) is 2. The van der Waals surface area contributed by atoms with Crippen molar-refractivity contribution in [3.8, 4) is 0 Å². The first-order valence-electron chi connectivity index (χ1n) is 7.72. The van der Waals surface area contributed by atoms with Gasteiger partial charge in [-0.25, -0.2) is 0 Å². The zero-order valence-electron chi connectivity index (χ0n) is 11.9. The molecule has 0 aromatic carbocycles. The van der Waals surface area contributed by atoms with Gasteiger partial charge < -0.3 is 9.13 Å². The van der Waals surface area contributed by atoms with Gasteiger partial charge in [-0.1, -0.05) is 11.6 Å². The Balaban J connectivity index is 1.70. The zero-order valence-corrected chi connectivity index (χ0v) is 11.9. The first-order valence-corrected chi connectivity index (χ1v) is 7.72. The standard InChI is InChI=1S/C16H22N2O2/c19-15-16(20)18(12-14-6-7-14)11-10-17(15)9-8-13-4-2-1-3-5-13/h4,10-11,14H,1-3,5-9,12H2. The number of aryl methyl sites for hydroxylation is 1. The molecular formula is C16H22N2O2. The molecule has 2 aliphatic rings. The lowest BCUT2D eigenvalue weighted by Crippen LogP contribution is -2.40. The fraction of sp³-hybridized carbons (Fsp3) is 0.625. The van der Waals surface area contributed by atoms with E-state index in [1.807, 2.05) is 0 Å². The topological polar surface area (TPSA) is 44.0 Å². The van der Waals surface area contributed by atoms with E-state index in [1.165, 1.54) is 31.3 Å². The van der Waals surface area contributed by atoms with Gasteiger partial charge in [0.15, 0.2) is 0 Å². The maximum Gasteiger partial charge on any atom is 0.316 e. The summed E-state index contributed by atoms with van der Waals surface area (Å²) in [6.45, 7) is 1.34. The molecule has 20 heavy (non-hydrogen) atoms. The minimum Gasteiger partial charge on any atom is -0.309 e. The van der Waals surface area contributed by atoms with Crippen molar-refractivity contribution in [1.29, 1.82) is 0 Å². The Hall–Kier alpha value is -1.58. The SMILES string of the molecule is O=c1c(=O)n(CC2CC2)ccn1CCC1=CCCCC1. The number of aromatic nitrogens is 2. The van der Waals surface area contributed by atoms with Crippen LogP contribution < -0.4 is 11.1 Å². The molecule has 4 heteroatoms. The molecule has 1 aromatic heterocycles. The number of rotatable bonds is 5. The summed E-state index contributed by atoms with van der Waals surface area (Å²) < 4.78 is 3.15. The van der Waals surface area contributed by atoms with E-state index in [0.717, 1.165) is 19.3 Å². The third-order valence-corrected chi connectivity index (χ3v) is 4.34. The Bertz CT molecular complexity index is 620. The van der Waals surface area contributed by atoms with Gasteiger partial charge in [0.2, 0.25) is 0 Å². The summed E-state index contributed by atoms with van der Waals surface area (Å²) in [5, 5.41) is 0. The lowest BCUT2D eigenvalue weighted by atomic mass is 9.97. The van der Waals surface area contributed by atoms with Gasteiger partial charge in [-0.05, 0) is 50.9 Å². The average molecular weight is 274 g/mol.